The summed E-state index contributed by atoms with van der Waals surface area (Å²) in [5, 5.41) is 18.9. The highest BCUT2D eigenvalue weighted by Crippen LogP contribution is 2.32. The average molecular weight is 247 g/mol. The van der Waals surface area contributed by atoms with Gasteiger partial charge in [-0.15, -0.1) is 0 Å². The maximum absolute atomic E-state index is 9.90. The number of aryl methyl sites for hydroxylation is 1. The largest absolute Gasteiger partial charge is 0.482 e. The van der Waals surface area contributed by atoms with E-state index >= 15 is 0 Å². The van der Waals surface area contributed by atoms with Crippen molar-refractivity contribution in [2.75, 3.05) is 13.2 Å². The minimum Gasteiger partial charge on any atom is -0.482 e. The second-order valence-electron chi connectivity index (χ2n) is 4.94. The van der Waals surface area contributed by atoms with Gasteiger partial charge in [0, 0.05) is 5.56 Å². The molecule has 1 aromatic rings. The van der Waals surface area contributed by atoms with Gasteiger partial charge in [-0.05, 0) is 32.4 Å². The monoisotopic (exact) mass is 247 g/mol. The summed E-state index contributed by atoms with van der Waals surface area (Å²) < 4.78 is 11.2. The van der Waals surface area contributed by atoms with E-state index in [9.17, 15) is 5.11 Å². The minimum absolute atomic E-state index is 0.284. The summed E-state index contributed by atoms with van der Waals surface area (Å²) >= 11 is 0. The normalized spacial score (nSPS) is 26.9. The van der Waals surface area contributed by atoms with Crippen molar-refractivity contribution in [3.05, 3.63) is 28.8 Å². The van der Waals surface area contributed by atoms with Crippen LogP contribution in [0, 0.1) is 25.2 Å². The Kier molecular flexibility index (Phi) is 3.29. The van der Waals surface area contributed by atoms with Crippen molar-refractivity contribution in [2.24, 2.45) is 0 Å². The Bertz CT molecular complexity index is 506. The Balaban J connectivity index is 2.38. The molecule has 0 spiro atoms. The molecule has 0 aliphatic carbocycles. The van der Waals surface area contributed by atoms with Crippen molar-refractivity contribution in [1.29, 1.82) is 5.26 Å². The number of benzene rings is 1. The molecule has 0 aromatic heterocycles. The molecule has 1 saturated heterocycles. The second kappa shape index (κ2) is 4.60. The first-order valence-corrected chi connectivity index (χ1v) is 5.93. The number of hydrogen-bond acceptors (Lipinski definition) is 4. The van der Waals surface area contributed by atoms with E-state index in [0.29, 0.717) is 17.9 Å². The highest BCUT2D eigenvalue weighted by Gasteiger charge is 2.41. The number of aliphatic hydroxyl groups excluding tert-OH is 1. The maximum Gasteiger partial charge on any atom is 0.157 e. The summed E-state index contributed by atoms with van der Waals surface area (Å²) in [4.78, 5) is 0. The second-order valence-corrected chi connectivity index (χ2v) is 4.94. The molecule has 1 N–H and O–H groups in total. The van der Waals surface area contributed by atoms with Gasteiger partial charge in [-0.25, -0.2) is 0 Å². The summed E-state index contributed by atoms with van der Waals surface area (Å²) in [6, 6.07) is 5.77. The third-order valence-electron chi connectivity index (χ3n) is 3.43. The van der Waals surface area contributed by atoms with Gasteiger partial charge in [0.15, 0.2) is 5.60 Å². The predicted molar refractivity (Wildman–Crippen MR) is 66.5 cm³/mol. The molecule has 1 aliphatic heterocycles. The number of aliphatic hydroxyl groups is 1. The van der Waals surface area contributed by atoms with E-state index in [4.69, 9.17) is 14.7 Å². The Hall–Kier alpha value is -1.57. The number of nitriles is 1. The third kappa shape index (κ3) is 2.07. The Morgan fingerprint density at radius 3 is 2.78 bits per heavy atom. The fourth-order valence-electron chi connectivity index (χ4n) is 2.08. The lowest BCUT2D eigenvalue weighted by Gasteiger charge is -2.29. The number of rotatable bonds is 2. The highest BCUT2D eigenvalue weighted by atomic mass is 16.6. The molecule has 2 unspecified atom stereocenters. The van der Waals surface area contributed by atoms with Crippen LogP contribution < -0.4 is 4.74 Å². The van der Waals surface area contributed by atoms with Crippen molar-refractivity contribution >= 4 is 0 Å². The summed E-state index contributed by atoms with van der Waals surface area (Å²) in [7, 11) is 0. The van der Waals surface area contributed by atoms with Crippen LogP contribution in [0.15, 0.2) is 12.1 Å². The third-order valence-corrected chi connectivity index (χ3v) is 3.43. The summed E-state index contributed by atoms with van der Waals surface area (Å²) in [6.07, 6.45) is -0.651. The lowest BCUT2D eigenvalue weighted by atomic mass is 10.0. The van der Waals surface area contributed by atoms with Crippen LogP contribution in [-0.4, -0.2) is 30.0 Å². The van der Waals surface area contributed by atoms with Gasteiger partial charge in [0.05, 0.1) is 24.8 Å². The molecule has 2 rings (SSSR count). The van der Waals surface area contributed by atoms with Crippen LogP contribution in [0.3, 0.4) is 0 Å². The van der Waals surface area contributed by atoms with Crippen LogP contribution in [0.1, 0.15) is 23.6 Å². The van der Waals surface area contributed by atoms with Crippen molar-refractivity contribution in [3.8, 4) is 11.8 Å². The van der Waals surface area contributed by atoms with Crippen molar-refractivity contribution in [3.63, 3.8) is 0 Å². The van der Waals surface area contributed by atoms with Gasteiger partial charge in [-0.1, -0.05) is 6.07 Å². The van der Waals surface area contributed by atoms with E-state index in [1.54, 1.807) is 6.07 Å². The fraction of sp³-hybridized carbons (Fsp3) is 0.500. The molecule has 0 bridgehead atoms. The summed E-state index contributed by atoms with van der Waals surface area (Å²) in [6.45, 7) is 6.24. The SMILES string of the molecule is Cc1ccc(C#N)c(C)c1OC1(C)COCC1O. The van der Waals surface area contributed by atoms with Crippen LogP contribution in [0.5, 0.6) is 5.75 Å². The molecule has 4 nitrogen and oxygen atoms in total. The number of nitrogens with zero attached hydrogens (tertiary/aromatic N) is 1. The molecule has 18 heavy (non-hydrogen) atoms. The molecule has 1 heterocycles. The zero-order valence-electron chi connectivity index (χ0n) is 10.9. The first-order valence-electron chi connectivity index (χ1n) is 5.93. The molecule has 1 aromatic carbocycles. The van der Waals surface area contributed by atoms with Crippen molar-refractivity contribution < 1.29 is 14.6 Å². The molecule has 96 valence electrons. The van der Waals surface area contributed by atoms with E-state index in [-0.39, 0.29) is 6.61 Å². The van der Waals surface area contributed by atoms with E-state index in [1.165, 1.54) is 0 Å². The lowest BCUT2D eigenvalue weighted by Crippen LogP contribution is -2.44. The van der Waals surface area contributed by atoms with Crippen molar-refractivity contribution in [2.45, 2.75) is 32.5 Å². The molecule has 4 heteroatoms. The van der Waals surface area contributed by atoms with Crippen molar-refractivity contribution in [1.82, 2.24) is 0 Å². The Labute approximate surface area is 107 Å². The van der Waals surface area contributed by atoms with Gasteiger partial charge < -0.3 is 14.6 Å². The lowest BCUT2D eigenvalue weighted by molar-refractivity contribution is -0.00719. The smallest absolute Gasteiger partial charge is 0.157 e. The first-order chi connectivity index (χ1) is 8.48. The Morgan fingerprint density at radius 1 is 1.50 bits per heavy atom. The van der Waals surface area contributed by atoms with Crippen LogP contribution in [-0.2, 0) is 4.74 Å². The molecule has 0 radical (unpaired) electrons. The van der Waals surface area contributed by atoms with Gasteiger partial charge in [0.2, 0.25) is 0 Å². The molecular weight excluding hydrogens is 230 g/mol. The molecule has 1 aliphatic rings. The zero-order valence-corrected chi connectivity index (χ0v) is 10.9. The van der Waals surface area contributed by atoms with Crippen LogP contribution >= 0.6 is 0 Å². The molecule has 2 atom stereocenters. The summed E-state index contributed by atoms with van der Waals surface area (Å²) in [5.41, 5.74) is 1.60. The van der Waals surface area contributed by atoms with Gasteiger partial charge in [-0.2, -0.15) is 5.26 Å². The van der Waals surface area contributed by atoms with E-state index in [0.717, 1.165) is 11.1 Å². The van der Waals surface area contributed by atoms with Gasteiger partial charge in [0.1, 0.15) is 11.9 Å². The van der Waals surface area contributed by atoms with E-state index in [1.807, 2.05) is 26.8 Å². The molecule has 0 saturated carbocycles. The maximum atomic E-state index is 9.90. The van der Waals surface area contributed by atoms with Crippen LogP contribution in [0.2, 0.25) is 0 Å². The Morgan fingerprint density at radius 2 is 2.22 bits per heavy atom. The summed E-state index contributed by atoms with van der Waals surface area (Å²) in [5.74, 6) is 0.668. The fourth-order valence-corrected chi connectivity index (χ4v) is 2.08. The van der Waals surface area contributed by atoms with Gasteiger partial charge in [0.25, 0.3) is 0 Å². The topological polar surface area (TPSA) is 62.5 Å². The number of hydrogen-bond donors (Lipinski definition) is 1. The van der Waals surface area contributed by atoms with Gasteiger partial charge >= 0.3 is 0 Å². The van der Waals surface area contributed by atoms with Gasteiger partial charge in [-0.3, -0.25) is 0 Å². The number of ether oxygens (including phenoxy) is 2. The standard InChI is InChI=1S/C14H17NO3/c1-9-4-5-11(6-15)10(2)13(9)18-14(3)8-17-7-12(14)16/h4-5,12,16H,7-8H2,1-3H3. The zero-order chi connectivity index (χ0) is 13.3. The molecule has 1 fully saturated rings. The highest BCUT2D eigenvalue weighted by molar-refractivity contribution is 5.50. The quantitative estimate of drug-likeness (QED) is 0.864. The van der Waals surface area contributed by atoms with Crippen LogP contribution in [0.4, 0.5) is 0 Å². The predicted octanol–water partition coefficient (Wildman–Crippen LogP) is 1.70. The minimum atomic E-state index is -0.746. The molecule has 0 amide bonds. The first kappa shape index (κ1) is 12.9. The van der Waals surface area contributed by atoms with E-state index < -0.39 is 11.7 Å². The van der Waals surface area contributed by atoms with Crippen LogP contribution in [0.25, 0.3) is 0 Å². The average Bonchev–Trinajstić information content (AvgIpc) is 2.66. The molecular formula is C14H17NO3. The van der Waals surface area contributed by atoms with E-state index in [2.05, 4.69) is 6.07 Å².